The molecule has 0 unspecified atom stereocenters. The van der Waals surface area contributed by atoms with Gasteiger partial charge in [-0.15, -0.1) is 11.3 Å². The fourth-order valence-electron chi connectivity index (χ4n) is 3.24. The summed E-state index contributed by atoms with van der Waals surface area (Å²) >= 11 is 1.44. The Hall–Kier alpha value is -1.94. The van der Waals surface area contributed by atoms with Crippen LogP contribution < -0.4 is 0 Å². The molecule has 1 fully saturated rings. The first kappa shape index (κ1) is 15.9. The molecule has 0 spiro atoms. The highest BCUT2D eigenvalue weighted by Gasteiger charge is 2.25. The van der Waals surface area contributed by atoms with Crippen LogP contribution in [0.5, 0.6) is 0 Å². The molecule has 0 bridgehead atoms. The second-order valence-corrected chi connectivity index (χ2v) is 7.15. The van der Waals surface area contributed by atoms with Crippen LogP contribution in [0.2, 0.25) is 0 Å². The van der Waals surface area contributed by atoms with E-state index in [9.17, 15) is 9.59 Å². The van der Waals surface area contributed by atoms with E-state index in [0.717, 1.165) is 41.7 Å². The van der Waals surface area contributed by atoms with Crippen molar-refractivity contribution in [1.29, 1.82) is 0 Å². The van der Waals surface area contributed by atoms with Crippen molar-refractivity contribution in [2.75, 3.05) is 0 Å². The van der Waals surface area contributed by atoms with Crippen molar-refractivity contribution in [3.8, 4) is 10.4 Å². The maximum absolute atomic E-state index is 12.7. The zero-order chi connectivity index (χ0) is 16.2. The smallest absolute Gasteiger partial charge is 0.307 e. The Morgan fingerprint density at radius 2 is 1.78 bits per heavy atom. The number of Topliss-reactive ketones (excluding diaryl/α,β-unsaturated/α-hetero) is 1. The van der Waals surface area contributed by atoms with Gasteiger partial charge in [0, 0.05) is 10.8 Å². The number of hydrogen-bond acceptors (Lipinski definition) is 3. The van der Waals surface area contributed by atoms with Gasteiger partial charge < -0.3 is 5.11 Å². The molecule has 1 N–H and O–H groups in total. The van der Waals surface area contributed by atoms with Crippen LogP contribution in [0.1, 0.15) is 47.3 Å². The second-order valence-electron chi connectivity index (χ2n) is 6.10. The van der Waals surface area contributed by atoms with Gasteiger partial charge in [-0.1, -0.05) is 49.6 Å². The van der Waals surface area contributed by atoms with Gasteiger partial charge in [-0.05, 0) is 30.0 Å². The third kappa shape index (κ3) is 3.70. The maximum atomic E-state index is 12.7. The van der Waals surface area contributed by atoms with Crippen LogP contribution in [0, 0.1) is 5.92 Å². The normalized spacial score (nSPS) is 15.5. The molecule has 1 aliphatic carbocycles. The third-order valence-corrected chi connectivity index (χ3v) is 5.65. The molecule has 3 nitrogen and oxygen atoms in total. The summed E-state index contributed by atoms with van der Waals surface area (Å²) < 4.78 is 0. The topological polar surface area (TPSA) is 54.4 Å². The molecule has 23 heavy (non-hydrogen) atoms. The highest BCUT2D eigenvalue weighted by atomic mass is 32.1. The summed E-state index contributed by atoms with van der Waals surface area (Å²) in [5.41, 5.74) is 1.73. The van der Waals surface area contributed by atoms with E-state index in [-0.39, 0.29) is 18.1 Å². The summed E-state index contributed by atoms with van der Waals surface area (Å²) in [6.45, 7) is 0. The molecule has 120 valence electrons. The lowest BCUT2D eigenvalue weighted by molar-refractivity contribution is -0.136. The standard InChI is InChI=1S/C19H20O3S/c20-17(21)12-15-11-16(18(22)13-7-3-1-4-8-13)23-19(15)14-9-5-2-6-10-14/h2,5-6,9-11,13H,1,3-4,7-8,12H2,(H,20,21). The Morgan fingerprint density at radius 3 is 2.43 bits per heavy atom. The number of thiophene rings is 1. The Balaban J connectivity index is 1.94. The van der Waals surface area contributed by atoms with Crippen molar-refractivity contribution in [3.63, 3.8) is 0 Å². The number of hydrogen-bond donors (Lipinski definition) is 1. The molecule has 0 aliphatic heterocycles. The second kappa shape index (κ2) is 7.09. The van der Waals surface area contributed by atoms with Gasteiger partial charge in [0.05, 0.1) is 11.3 Å². The lowest BCUT2D eigenvalue weighted by Gasteiger charge is -2.19. The minimum absolute atomic E-state index is 0.0430. The maximum Gasteiger partial charge on any atom is 0.307 e. The number of aliphatic carboxylic acids is 1. The molecule has 2 aromatic rings. The average molecular weight is 328 g/mol. The van der Waals surface area contributed by atoms with Crippen molar-refractivity contribution < 1.29 is 14.7 Å². The summed E-state index contributed by atoms with van der Waals surface area (Å²) in [4.78, 5) is 25.5. The molecule has 0 amide bonds. The molecular weight excluding hydrogens is 308 g/mol. The molecule has 3 rings (SSSR count). The number of carbonyl (C=O) groups is 2. The number of carboxylic acids is 1. The first-order chi connectivity index (χ1) is 11.1. The lowest BCUT2D eigenvalue weighted by atomic mass is 9.85. The molecule has 0 radical (unpaired) electrons. The molecule has 0 saturated heterocycles. The summed E-state index contributed by atoms with van der Waals surface area (Å²) in [5.74, 6) is -0.552. The zero-order valence-corrected chi connectivity index (χ0v) is 13.8. The summed E-state index contributed by atoms with van der Waals surface area (Å²) in [6, 6.07) is 11.5. The van der Waals surface area contributed by atoms with Gasteiger partial charge >= 0.3 is 5.97 Å². The predicted molar refractivity (Wildman–Crippen MR) is 92.0 cm³/mol. The van der Waals surface area contributed by atoms with Crippen molar-refractivity contribution in [1.82, 2.24) is 0 Å². The van der Waals surface area contributed by atoms with Crippen molar-refractivity contribution >= 4 is 23.1 Å². The van der Waals surface area contributed by atoms with E-state index >= 15 is 0 Å². The number of carbonyl (C=O) groups excluding carboxylic acids is 1. The van der Waals surface area contributed by atoms with Crippen LogP contribution >= 0.6 is 11.3 Å². The quantitative estimate of drug-likeness (QED) is 0.802. The minimum atomic E-state index is -0.864. The predicted octanol–water partition coefficient (Wildman–Crippen LogP) is 4.81. The summed E-state index contributed by atoms with van der Waals surface area (Å²) in [5, 5.41) is 9.15. The van der Waals surface area contributed by atoms with Gasteiger partial charge in [0.15, 0.2) is 5.78 Å². The molecule has 1 aliphatic rings. The van der Waals surface area contributed by atoms with Crippen molar-refractivity contribution in [2.45, 2.75) is 38.5 Å². The zero-order valence-electron chi connectivity index (χ0n) is 13.0. The van der Waals surface area contributed by atoms with E-state index in [4.69, 9.17) is 5.11 Å². The van der Waals surface area contributed by atoms with Gasteiger partial charge in [-0.3, -0.25) is 9.59 Å². The third-order valence-electron chi connectivity index (χ3n) is 4.41. The Labute approximate surface area is 140 Å². The Morgan fingerprint density at radius 1 is 1.09 bits per heavy atom. The molecule has 1 aromatic heterocycles. The van der Waals surface area contributed by atoms with E-state index in [1.807, 2.05) is 30.3 Å². The van der Waals surface area contributed by atoms with Gasteiger partial charge in [0.1, 0.15) is 0 Å². The summed E-state index contributed by atoms with van der Waals surface area (Å²) in [6.07, 6.45) is 5.34. The van der Waals surface area contributed by atoms with Gasteiger partial charge in [-0.2, -0.15) is 0 Å². The van der Waals surface area contributed by atoms with Crippen LogP contribution in [-0.2, 0) is 11.2 Å². The molecule has 4 heteroatoms. The SMILES string of the molecule is O=C(O)Cc1cc(C(=O)C2CCCCC2)sc1-c1ccccc1. The van der Waals surface area contributed by atoms with Gasteiger partial charge in [-0.25, -0.2) is 0 Å². The van der Waals surface area contributed by atoms with Crippen LogP contribution in [0.3, 0.4) is 0 Å². The van der Waals surface area contributed by atoms with Crippen LogP contribution in [-0.4, -0.2) is 16.9 Å². The molecule has 1 saturated carbocycles. The van der Waals surface area contributed by atoms with E-state index in [2.05, 4.69) is 0 Å². The number of ketones is 1. The highest BCUT2D eigenvalue weighted by molar-refractivity contribution is 7.17. The Kier molecular flexibility index (Phi) is 4.91. The highest BCUT2D eigenvalue weighted by Crippen LogP contribution is 2.36. The molecule has 1 heterocycles. The minimum Gasteiger partial charge on any atom is -0.481 e. The Bertz CT molecular complexity index is 697. The molecule has 1 aromatic carbocycles. The van der Waals surface area contributed by atoms with E-state index in [1.165, 1.54) is 17.8 Å². The van der Waals surface area contributed by atoms with Crippen molar-refractivity contribution in [2.24, 2.45) is 5.92 Å². The molecule has 0 atom stereocenters. The van der Waals surface area contributed by atoms with Gasteiger partial charge in [0.2, 0.25) is 0 Å². The van der Waals surface area contributed by atoms with Crippen LogP contribution in [0.15, 0.2) is 36.4 Å². The number of benzene rings is 1. The van der Waals surface area contributed by atoms with Crippen LogP contribution in [0.4, 0.5) is 0 Å². The number of rotatable bonds is 5. The van der Waals surface area contributed by atoms with E-state index in [0.29, 0.717) is 4.88 Å². The average Bonchev–Trinajstić information content (AvgIpc) is 2.99. The van der Waals surface area contributed by atoms with Crippen LogP contribution in [0.25, 0.3) is 10.4 Å². The first-order valence-electron chi connectivity index (χ1n) is 8.09. The molecular formula is C19H20O3S. The monoisotopic (exact) mass is 328 g/mol. The fraction of sp³-hybridized carbons (Fsp3) is 0.368. The van der Waals surface area contributed by atoms with Crippen molar-refractivity contribution in [3.05, 3.63) is 46.8 Å². The van der Waals surface area contributed by atoms with Gasteiger partial charge in [0.25, 0.3) is 0 Å². The van der Waals surface area contributed by atoms with E-state index < -0.39 is 5.97 Å². The largest absolute Gasteiger partial charge is 0.481 e. The summed E-state index contributed by atoms with van der Waals surface area (Å²) in [7, 11) is 0. The lowest BCUT2D eigenvalue weighted by Crippen LogP contribution is -2.16. The first-order valence-corrected chi connectivity index (χ1v) is 8.91. The van der Waals surface area contributed by atoms with E-state index in [1.54, 1.807) is 6.07 Å². The number of carboxylic acid groups (broad SMARTS) is 1. The fourth-order valence-corrected chi connectivity index (χ4v) is 4.45.